The third kappa shape index (κ3) is 3.87. The first-order valence-corrected chi connectivity index (χ1v) is 9.52. The zero-order chi connectivity index (χ0) is 20.3. The largest absolute Gasteiger partial charge is 0.495 e. The van der Waals surface area contributed by atoms with Crippen LogP contribution in [0.5, 0.6) is 5.75 Å². The molecular weight excluding hydrogens is 376 g/mol. The van der Waals surface area contributed by atoms with E-state index in [-0.39, 0.29) is 5.91 Å². The van der Waals surface area contributed by atoms with Crippen LogP contribution in [-0.4, -0.2) is 41.0 Å². The second kappa shape index (κ2) is 8.44. The Labute approximate surface area is 169 Å². The number of benzene rings is 1. The smallest absolute Gasteiger partial charge is 0.257 e. The highest BCUT2D eigenvalue weighted by Crippen LogP contribution is 2.33. The molecule has 3 rings (SSSR count). The van der Waals surface area contributed by atoms with E-state index < -0.39 is 0 Å². The Morgan fingerprint density at radius 2 is 1.96 bits per heavy atom. The minimum Gasteiger partial charge on any atom is -0.495 e. The van der Waals surface area contributed by atoms with Crippen LogP contribution in [0.25, 0.3) is 11.0 Å². The highest BCUT2D eigenvalue weighted by atomic mass is 35.5. The lowest BCUT2D eigenvalue weighted by atomic mass is 10.1. The first-order valence-electron chi connectivity index (χ1n) is 9.14. The predicted molar refractivity (Wildman–Crippen MR) is 113 cm³/mol. The average Bonchev–Trinajstić information content (AvgIpc) is 2.69. The third-order valence-electron chi connectivity index (χ3n) is 4.57. The van der Waals surface area contributed by atoms with E-state index in [9.17, 15) is 4.79 Å². The fourth-order valence-corrected chi connectivity index (χ4v) is 3.30. The summed E-state index contributed by atoms with van der Waals surface area (Å²) in [6, 6.07) is 9.23. The maximum atomic E-state index is 13.1. The lowest BCUT2D eigenvalue weighted by Crippen LogP contribution is -2.31. The summed E-state index contributed by atoms with van der Waals surface area (Å²) in [5, 5.41) is 4.60. The number of nitrogens with zero attached hydrogens (tertiary/aromatic N) is 3. The Kier molecular flexibility index (Phi) is 5.99. The number of halogens is 1. The number of pyridine rings is 2. The second-order valence-corrected chi connectivity index (χ2v) is 6.73. The van der Waals surface area contributed by atoms with E-state index in [0.29, 0.717) is 40.8 Å². The summed E-state index contributed by atoms with van der Waals surface area (Å²) >= 11 is 6.27. The normalized spacial score (nSPS) is 10.8. The van der Waals surface area contributed by atoms with Crippen molar-refractivity contribution in [3.05, 3.63) is 52.8 Å². The molecule has 1 N–H and O–H groups in total. The maximum absolute atomic E-state index is 13.1. The van der Waals surface area contributed by atoms with Crippen molar-refractivity contribution >= 4 is 39.9 Å². The zero-order valence-electron chi connectivity index (χ0n) is 16.4. The number of fused-ring (bicyclic) bond motifs is 1. The number of ether oxygens (including phenoxy) is 1. The molecule has 2 heterocycles. The zero-order valence-corrected chi connectivity index (χ0v) is 17.2. The van der Waals surface area contributed by atoms with Gasteiger partial charge in [0.25, 0.3) is 5.91 Å². The molecule has 28 heavy (non-hydrogen) atoms. The molecule has 6 nitrogen and oxygen atoms in total. The number of amides is 1. The number of hydrogen-bond donors (Lipinski definition) is 1. The highest BCUT2D eigenvalue weighted by molar-refractivity contribution is 6.32. The molecule has 1 amide bonds. The number of methoxy groups -OCH3 is 1. The van der Waals surface area contributed by atoms with E-state index in [1.807, 2.05) is 39.0 Å². The molecule has 0 radical (unpaired) electrons. The van der Waals surface area contributed by atoms with E-state index in [4.69, 9.17) is 16.3 Å². The number of aryl methyl sites for hydroxylation is 1. The monoisotopic (exact) mass is 398 g/mol. The Bertz CT molecular complexity index is 1020. The van der Waals surface area contributed by atoms with Crippen LogP contribution in [0.2, 0.25) is 5.02 Å². The molecule has 1 aromatic carbocycles. The van der Waals surface area contributed by atoms with Crippen molar-refractivity contribution in [3.63, 3.8) is 0 Å². The van der Waals surface area contributed by atoms with Crippen LogP contribution in [0.3, 0.4) is 0 Å². The van der Waals surface area contributed by atoms with Gasteiger partial charge in [0.15, 0.2) is 5.65 Å². The van der Waals surface area contributed by atoms with E-state index in [0.717, 1.165) is 16.8 Å². The molecule has 0 bridgehead atoms. The molecule has 0 aliphatic rings. The number of carbonyl (C=O) groups excluding carboxylic acids is 1. The molecule has 0 saturated carbocycles. The lowest BCUT2D eigenvalue weighted by Gasteiger charge is -2.21. The predicted octanol–water partition coefficient (Wildman–Crippen LogP) is 4.83. The van der Waals surface area contributed by atoms with Crippen molar-refractivity contribution in [2.45, 2.75) is 20.8 Å². The van der Waals surface area contributed by atoms with E-state index in [1.165, 1.54) is 0 Å². The molecule has 0 aliphatic carbocycles. The fourth-order valence-electron chi connectivity index (χ4n) is 3.04. The van der Waals surface area contributed by atoms with Gasteiger partial charge in [0.1, 0.15) is 5.75 Å². The molecule has 0 spiro atoms. The van der Waals surface area contributed by atoms with Gasteiger partial charge in [-0.1, -0.05) is 11.6 Å². The van der Waals surface area contributed by atoms with E-state index in [1.54, 1.807) is 30.3 Å². The summed E-state index contributed by atoms with van der Waals surface area (Å²) in [5.41, 5.74) is 3.34. The summed E-state index contributed by atoms with van der Waals surface area (Å²) in [7, 11) is 1.57. The van der Waals surface area contributed by atoms with E-state index in [2.05, 4.69) is 15.3 Å². The molecular formula is C21H23ClN4O2. The van der Waals surface area contributed by atoms with Crippen LogP contribution in [0.4, 0.5) is 11.4 Å². The summed E-state index contributed by atoms with van der Waals surface area (Å²) in [6.45, 7) is 7.06. The number of carbonyl (C=O) groups is 1. The molecule has 0 saturated heterocycles. The molecule has 0 atom stereocenters. The summed E-state index contributed by atoms with van der Waals surface area (Å²) in [5.74, 6) is 0.505. The van der Waals surface area contributed by atoms with Gasteiger partial charge in [0, 0.05) is 36.1 Å². The number of anilines is 2. The van der Waals surface area contributed by atoms with Gasteiger partial charge in [-0.25, -0.2) is 9.97 Å². The van der Waals surface area contributed by atoms with Gasteiger partial charge in [-0.15, -0.1) is 0 Å². The van der Waals surface area contributed by atoms with Crippen molar-refractivity contribution in [2.75, 3.05) is 25.5 Å². The summed E-state index contributed by atoms with van der Waals surface area (Å²) in [6.07, 6.45) is 1.59. The number of aromatic nitrogens is 2. The topological polar surface area (TPSA) is 67.4 Å². The summed E-state index contributed by atoms with van der Waals surface area (Å²) in [4.78, 5) is 23.7. The Balaban J connectivity index is 2.15. The van der Waals surface area contributed by atoms with Crippen LogP contribution in [0.1, 0.15) is 29.9 Å². The van der Waals surface area contributed by atoms with Crippen molar-refractivity contribution in [2.24, 2.45) is 0 Å². The first kappa shape index (κ1) is 19.9. The van der Waals surface area contributed by atoms with Crippen molar-refractivity contribution in [1.82, 2.24) is 14.9 Å². The highest BCUT2D eigenvalue weighted by Gasteiger charge is 2.20. The Morgan fingerprint density at radius 1 is 1.21 bits per heavy atom. The number of rotatable bonds is 6. The maximum Gasteiger partial charge on any atom is 0.257 e. The Hall–Kier alpha value is -2.86. The van der Waals surface area contributed by atoms with Gasteiger partial charge in [0.05, 0.1) is 23.4 Å². The molecule has 0 unspecified atom stereocenters. The van der Waals surface area contributed by atoms with Gasteiger partial charge < -0.3 is 15.0 Å². The van der Waals surface area contributed by atoms with Gasteiger partial charge in [-0.3, -0.25) is 4.79 Å². The van der Waals surface area contributed by atoms with Crippen LogP contribution < -0.4 is 10.1 Å². The van der Waals surface area contributed by atoms with E-state index >= 15 is 0 Å². The standard InChI is InChI=1S/C21H23ClN4O2/c1-5-26(6-2)21(27)16-12-23-20-15(9-7-13(3)24-20)19(16)25-14-8-10-18(28-4)17(22)11-14/h7-12H,5-6H2,1-4H3,(H,23,24,25). The SMILES string of the molecule is CCN(CC)C(=O)c1cnc2nc(C)ccc2c1Nc1ccc(OC)c(Cl)c1. The minimum absolute atomic E-state index is 0.0814. The van der Waals surface area contributed by atoms with Crippen molar-refractivity contribution < 1.29 is 9.53 Å². The lowest BCUT2D eigenvalue weighted by molar-refractivity contribution is 0.0774. The quantitative estimate of drug-likeness (QED) is 0.644. The fraction of sp³-hybridized carbons (Fsp3) is 0.286. The summed E-state index contributed by atoms with van der Waals surface area (Å²) < 4.78 is 5.22. The van der Waals surface area contributed by atoms with Crippen LogP contribution in [0, 0.1) is 6.92 Å². The second-order valence-electron chi connectivity index (χ2n) is 6.32. The number of hydrogen-bond acceptors (Lipinski definition) is 5. The van der Waals surface area contributed by atoms with Crippen molar-refractivity contribution in [1.29, 1.82) is 0 Å². The van der Waals surface area contributed by atoms with Gasteiger partial charge in [-0.2, -0.15) is 0 Å². The van der Waals surface area contributed by atoms with Crippen LogP contribution in [0.15, 0.2) is 36.5 Å². The molecule has 2 aromatic heterocycles. The molecule has 146 valence electrons. The number of nitrogens with one attached hydrogen (secondary N) is 1. The molecule has 3 aromatic rings. The molecule has 7 heteroatoms. The van der Waals surface area contributed by atoms with Gasteiger partial charge in [-0.05, 0) is 51.1 Å². The Morgan fingerprint density at radius 3 is 2.61 bits per heavy atom. The van der Waals surface area contributed by atoms with Crippen LogP contribution in [-0.2, 0) is 0 Å². The molecule has 0 aliphatic heterocycles. The first-order chi connectivity index (χ1) is 13.5. The minimum atomic E-state index is -0.0814. The molecule has 0 fully saturated rings. The average molecular weight is 399 g/mol. The van der Waals surface area contributed by atoms with Crippen molar-refractivity contribution in [3.8, 4) is 5.75 Å². The van der Waals surface area contributed by atoms with Crippen LogP contribution >= 0.6 is 11.6 Å². The van der Waals surface area contributed by atoms with Gasteiger partial charge >= 0.3 is 0 Å². The van der Waals surface area contributed by atoms with Gasteiger partial charge in [0.2, 0.25) is 0 Å². The third-order valence-corrected chi connectivity index (χ3v) is 4.87.